The summed E-state index contributed by atoms with van der Waals surface area (Å²) in [6.45, 7) is 5.85. The molecule has 31 heavy (non-hydrogen) atoms. The third-order valence-corrected chi connectivity index (χ3v) is 5.59. The quantitative estimate of drug-likeness (QED) is 0.587. The minimum absolute atomic E-state index is 0.244. The minimum Gasteiger partial charge on any atom is -0.497 e. The van der Waals surface area contributed by atoms with Crippen LogP contribution in [0.2, 0.25) is 0 Å². The summed E-state index contributed by atoms with van der Waals surface area (Å²) in [6.07, 6.45) is 0.961. The molecule has 0 aromatic heterocycles. The van der Waals surface area contributed by atoms with E-state index >= 15 is 0 Å². The van der Waals surface area contributed by atoms with E-state index in [0.717, 1.165) is 57.1 Å². The van der Waals surface area contributed by atoms with Crippen molar-refractivity contribution in [1.82, 2.24) is 9.80 Å². The van der Waals surface area contributed by atoms with Gasteiger partial charge in [0.1, 0.15) is 17.3 Å². The average Bonchev–Trinajstić information content (AvgIpc) is 2.80. The Hall–Kier alpha value is -2.42. The second-order valence-corrected chi connectivity index (χ2v) is 7.74. The van der Waals surface area contributed by atoms with E-state index in [2.05, 4.69) is 15.1 Å². The van der Waals surface area contributed by atoms with Gasteiger partial charge in [-0.05, 0) is 48.5 Å². The van der Waals surface area contributed by atoms with E-state index in [9.17, 15) is 4.39 Å². The fraction of sp³-hybridized carbons (Fsp3) is 0.435. The van der Waals surface area contributed by atoms with Crippen LogP contribution >= 0.6 is 12.2 Å². The molecule has 6 nitrogen and oxygen atoms in total. The number of rotatable bonds is 9. The first kappa shape index (κ1) is 23.2. The van der Waals surface area contributed by atoms with Crippen LogP contribution in [0.3, 0.4) is 0 Å². The number of hydrogen-bond donors (Lipinski definition) is 1. The molecule has 1 fully saturated rings. The second kappa shape index (κ2) is 11.8. The first-order valence-corrected chi connectivity index (χ1v) is 10.8. The van der Waals surface area contributed by atoms with Gasteiger partial charge in [-0.1, -0.05) is 12.1 Å². The van der Waals surface area contributed by atoms with E-state index in [4.69, 9.17) is 26.4 Å². The molecule has 2 aromatic rings. The number of thiocarbonyl (C=S) groups is 1. The second-order valence-electron chi connectivity index (χ2n) is 7.35. The van der Waals surface area contributed by atoms with Gasteiger partial charge in [0.15, 0.2) is 5.11 Å². The van der Waals surface area contributed by atoms with Gasteiger partial charge in [-0.15, -0.1) is 0 Å². The molecule has 168 valence electrons. The lowest BCUT2D eigenvalue weighted by Gasteiger charge is -2.30. The summed E-state index contributed by atoms with van der Waals surface area (Å²) in [4.78, 5) is 4.51. The van der Waals surface area contributed by atoms with Crippen LogP contribution in [-0.2, 0) is 11.3 Å². The Morgan fingerprint density at radius 1 is 1.13 bits per heavy atom. The summed E-state index contributed by atoms with van der Waals surface area (Å²) in [5, 5.41) is 3.89. The summed E-state index contributed by atoms with van der Waals surface area (Å²) in [5.41, 5.74) is 1.77. The summed E-state index contributed by atoms with van der Waals surface area (Å²) in [6, 6.07) is 12.1. The fourth-order valence-corrected chi connectivity index (χ4v) is 3.73. The molecule has 0 spiro atoms. The number of anilines is 1. The third-order valence-electron chi connectivity index (χ3n) is 5.23. The summed E-state index contributed by atoms with van der Waals surface area (Å²) < 4.78 is 29.5. The molecule has 1 aliphatic heterocycles. The Bertz CT molecular complexity index is 844. The Labute approximate surface area is 188 Å². The van der Waals surface area contributed by atoms with Crippen molar-refractivity contribution in [1.29, 1.82) is 0 Å². The number of nitrogens with one attached hydrogen (secondary N) is 1. The van der Waals surface area contributed by atoms with Gasteiger partial charge in [0.2, 0.25) is 0 Å². The molecule has 0 unspecified atom stereocenters. The van der Waals surface area contributed by atoms with Crippen LogP contribution in [0.25, 0.3) is 0 Å². The number of benzene rings is 2. The smallest absolute Gasteiger partial charge is 0.173 e. The number of methoxy groups -OCH3 is 2. The van der Waals surface area contributed by atoms with Crippen LogP contribution in [0.1, 0.15) is 12.0 Å². The van der Waals surface area contributed by atoms with Gasteiger partial charge in [0, 0.05) is 38.8 Å². The number of morpholine rings is 1. The number of nitrogens with zero attached hydrogens (tertiary/aromatic N) is 2. The number of ether oxygens (including phenoxy) is 3. The lowest BCUT2D eigenvalue weighted by molar-refractivity contribution is 0.0368. The van der Waals surface area contributed by atoms with E-state index in [0.29, 0.717) is 23.2 Å². The van der Waals surface area contributed by atoms with Gasteiger partial charge in [-0.25, -0.2) is 4.39 Å². The first-order valence-electron chi connectivity index (χ1n) is 10.4. The van der Waals surface area contributed by atoms with Gasteiger partial charge in [0.05, 0.1) is 33.1 Å². The zero-order valence-corrected chi connectivity index (χ0v) is 18.9. The highest BCUT2D eigenvalue weighted by Crippen LogP contribution is 2.29. The molecule has 0 amide bonds. The van der Waals surface area contributed by atoms with E-state index in [1.54, 1.807) is 26.4 Å². The van der Waals surface area contributed by atoms with Crippen molar-refractivity contribution in [2.75, 3.05) is 58.9 Å². The Morgan fingerprint density at radius 2 is 1.87 bits per heavy atom. The predicted octanol–water partition coefficient (Wildman–Crippen LogP) is 3.76. The van der Waals surface area contributed by atoms with E-state index in [1.807, 2.05) is 18.2 Å². The maximum Gasteiger partial charge on any atom is 0.173 e. The monoisotopic (exact) mass is 447 g/mol. The van der Waals surface area contributed by atoms with Crippen LogP contribution in [0.15, 0.2) is 42.5 Å². The van der Waals surface area contributed by atoms with Crippen molar-refractivity contribution in [3.05, 3.63) is 53.8 Å². The summed E-state index contributed by atoms with van der Waals surface area (Å²) in [5.74, 6) is 1.12. The minimum atomic E-state index is -0.244. The highest BCUT2D eigenvalue weighted by Gasteiger charge is 2.15. The molecule has 1 saturated heterocycles. The Morgan fingerprint density at radius 3 is 2.55 bits per heavy atom. The highest BCUT2D eigenvalue weighted by molar-refractivity contribution is 7.80. The molecule has 0 atom stereocenters. The van der Waals surface area contributed by atoms with Crippen LogP contribution in [0.4, 0.5) is 10.1 Å². The standard InChI is InChI=1S/C23H30FN3O3S/c1-28-20-8-9-21(22(16-20)29-2)25-23(31)27(17-18-4-6-19(24)7-5-18)11-3-10-26-12-14-30-15-13-26/h4-9,16H,3,10-15,17H2,1-2H3,(H,25,31). The topological polar surface area (TPSA) is 46.2 Å². The number of halogens is 1. The molecule has 2 aromatic carbocycles. The van der Waals surface area contributed by atoms with Crippen LogP contribution in [0, 0.1) is 5.82 Å². The molecule has 1 heterocycles. The molecular formula is C23H30FN3O3S. The maximum absolute atomic E-state index is 13.3. The molecule has 0 radical (unpaired) electrons. The predicted molar refractivity (Wildman–Crippen MR) is 124 cm³/mol. The maximum atomic E-state index is 13.3. The molecule has 8 heteroatoms. The molecule has 3 rings (SSSR count). The highest BCUT2D eigenvalue weighted by atomic mass is 32.1. The van der Waals surface area contributed by atoms with E-state index in [1.165, 1.54) is 12.1 Å². The van der Waals surface area contributed by atoms with Gasteiger partial charge in [-0.3, -0.25) is 4.90 Å². The zero-order chi connectivity index (χ0) is 22.1. The van der Waals surface area contributed by atoms with Crippen LogP contribution in [0.5, 0.6) is 11.5 Å². The molecule has 0 saturated carbocycles. The third kappa shape index (κ3) is 7.05. The van der Waals surface area contributed by atoms with Crippen molar-refractivity contribution >= 4 is 23.0 Å². The normalized spacial score (nSPS) is 14.2. The van der Waals surface area contributed by atoms with Gasteiger partial charge in [0.25, 0.3) is 0 Å². The molecule has 0 bridgehead atoms. The average molecular weight is 448 g/mol. The van der Waals surface area contributed by atoms with Crippen molar-refractivity contribution in [3.8, 4) is 11.5 Å². The molecule has 0 aliphatic carbocycles. The molecular weight excluding hydrogens is 417 g/mol. The first-order chi connectivity index (χ1) is 15.1. The fourth-order valence-electron chi connectivity index (χ4n) is 3.47. The van der Waals surface area contributed by atoms with Gasteiger partial charge < -0.3 is 24.4 Å². The van der Waals surface area contributed by atoms with Gasteiger partial charge >= 0.3 is 0 Å². The van der Waals surface area contributed by atoms with Crippen molar-refractivity contribution < 1.29 is 18.6 Å². The molecule has 1 aliphatic rings. The lowest BCUT2D eigenvalue weighted by Crippen LogP contribution is -2.40. The van der Waals surface area contributed by atoms with Crippen molar-refractivity contribution in [3.63, 3.8) is 0 Å². The van der Waals surface area contributed by atoms with Crippen molar-refractivity contribution in [2.24, 2.45) is 0 Å². The molecule has 1 N–H and O–H groups in total. The van der Waals surface area contributed by atoms with E-state index < -0.39 is 0 Å². The lowest BCUT2D eigenvalue weighted by atomic mass is 10.2. The van der Waals surface area contributed by atoms with E-state index in [-0.39, 0.29) is 5.82 Å². The Balaban J connectivity index is 1.67. The number of hydrogen-bond acceptors (Lipinski definition) is 5. The summed E-state index contributed by atoms with van der Waals surface area (Å²) >= 11 is 5.74. The SMILES string of the molecule is COc1ccc(NC(=S)N(CCCN2CCOCC2)Cc2ccc(F)cc2)c(OC)c1. The largest absolute Gasteiger partial charge is 0.497 e. The van der Waals surface area contributed by atoms with Crippen LogP contribution in [-0.4, -0.2) is 68.5 Å². The zero-order valence-electron chi connectivity index (χ0n) is 18.1. The summed E-state index contributed by atoms with van der Waals surface area (Å²) in [7, 11) is 3.23. The Kier molecular flexibility index (Phi) is 8.87. The van der Waals surface area contributed by atoms with Crippen LogP contribution < -0.4 is 14.8 Å². The van der Waals surface area contributed by atoms with Crippen molar-refractivity contribution in [2.45, 2.75) is 13.0 Å². The van der Waals surface area contributed by atoms with Gasteiger partial charge in [-0.2, -0.15) is 0 Å².